The smallest absolute Gasteiger partial charge is 0.407 e. The van der Waals surface area contributed by atoms with Crippen LogP contribution in [0.5, 0.6) is 0 Å². The van der Waals surface area contributed by atoms with Crippen LogP contribution in [0.2, 0.25) is 0 Å². The number of nitriles is 1. The zero-order chi connectivity index (χ0) is 16.3. The minimum absolute atomic E-state index is 0.0670. The Labute approximate surface area is 139 Å². The molecule has 1 atom stereocenters. The summed E-state index contributed by atoms with van der Waals surface area (Å²) in [4.78, 5) is 14.0. The van der Waals surface area contributed by atoms with Gasteiger partial charge in [0.25, 0.3) is 0 Å². The maximum atomic E-state index is 11.8. The number of alkyl carbamates (subject to hydrolysis) is 1. The Morgan fingerprint density at radius 2 is 2.23 bits per heavy atom. The van der Waals surface area contributed by atoms with E-state index in [0.717, 1.165) is 29.7 Å². The highest BCUT2D eigenvalue weighted by molar-refractivity contribution is 9.10. The molecule has 5 nitrogen and oxygen atoms in total. The SMILES string of the molecule is CC(C)(C)OC(=O)NC1CCN(c2ccc(C#N)cc2Br)C1. The zero-order valence-electron chi connectivity index (χ0n) is 13.0. The number of nitrogens with one attached hydrogen (secondary N) is 1. The Hall–Kier alpha value is -1.74. The summed E-state index contributed by atoms with van der Waals surface area (Å²) in [5, 5.41) is 11.8. The topological polar surface area (TPSA) is 65.4 Å². The molecule has 1 aliphatic rings. The molecule has 1 aromatic rings. The van der Waals surface area contributed by atoms with Crippen molar-refractivity contribution >= 4 is 27.7 Å². The number of nitrogens with zero attached hydrogens (tertiary/aromatic N) is 2. The van der Waals surface area contributed by atoms with Gasteiger partial charge in [0.05, 0.1) is 23.4 Å². The Bertz CT molecular complexity index is 604. The van der Waals surface area contributed by atoms with E-state index in [2.05, 4.69) is 32.2 Å². The van der Waals surface area contributed by atoms with E-state index < -0.39 is 5.60 Å². The fourth-order valence-electron chi connectivity index (χ4n) is 2.40. The highest BCUT2D eigenvalue weighted by Crippen LogP contribution is 2.30. The van der Waals surface area contributed by atoms with Crippen LogP contribution in [0.4, 0.5) is 10.5 Å². The molecule has 1 amide bonds. The van der Waals surface area contributed by atoms with Gasteiger partial charge in [-0.3, -0.25) is 0 Å². The van der Waals surface area contributed by atoms with Crippen molar-refractivity contribution < 1.29 is 9.53 Å². The van der Waals surface area contributed by atoms with Crippen molar-refractivity contribution in [3.63, 3.8) is 0 Å². The first-order valence-electron chi connectivity index (χ1n) is 7.22. The van der Waals surface area contributed by atoms with Gasteiger partial charge in [-0.1, -0.05) is 0 Å². The van der Waals surface area contributed by atoms with Crippen molar-refractivity contribution in [2.75, 3.05) is 18.0 Å². The van der Waals surface area contributed by atoms with Gasteiger partial charge in [0.2, 0.25) is 0 Å². The Balaban J connectivity index is 1.96. The van der Waals surface area contributed by atoms with Gasteiger partial charge in [0.1, 0.15) is 5.60 Å². The minimum atomic E-state index is -0.488. The number of hydrogen-bond donors (Lipinski definition) is 1. The second-order valence-electron chi connectivity index (χ2n) is 6.36. The molecule has 0 bridgehead atoms. The third-order valence-corrected chi connectivity index (χ3v) is 3.96. The van der Waals surface area contributed by atoms with E-state index in [1.54, 1.807) is 6.07 Å². The van der Waals surface area contributed by atoms with E-state index >= 15 is 0 Å². The molecule has 0 aromatic heterocycles. The quantitative estimate of drug-likeness (QED) is 0.871. The highest BCUT2D eigenvalue weighted by Gasteiger charge is 2.27. The normalized spacial score (nSPS) is 18.0. The monoisotopic (exact) mass is 365 g/mol. The number of carbonyl (C=O) groups is 1. The van der Waals surface area contributed by atoms with E-state index in [1.165, 1.54) is 0 Å². The Kier molecular flexibility index (Phi) is 4.97. The molecule has 118 valence electrons. The number of carbonyl (C=O) groups excluding carboxylic acids is 1. The fraction of sp³-hybridized carbons (Fsp3) is 0.500. The van der Waals surface area contributed by atoms with Crippen molar-refractivity contribution in [3.8, 4) is 6.07 Å². The molecule has 1 aliphatic heterocycles. The highest BCUT2D eigenvalue weighted by atomic mass is 79.9. The summed E-state index contributed by atoms with van der Waals surface area (Å²) < 4.78 is 6.17. The lowest BCUT2D eigenvalue weighted by Gasteiger charge is -2.23. The van der Waals surface area contributed by atoms with Crippen molar-refractivity contribution in [3.05, 3.63) is 28.2 Å². The van der Waals surface area contributed by atoms with Crippen molar-refractivity contribution in [1.82, 2.24) is 5.32 Å². The minimum Gasteiger partial charge on any atom is -0.444 e. The molecule has 1 unspecified atom stereocenters. The lowest BCUT2D eigenvalue weighted by molar-refractivity contribution is 0.0509. The third-order valence-electron chi connectivity index (χ3n) is 3.33. The number of ether oxygens (including phenoxy) is 1. The standard InChI is InChI=1S/C16H20BrN3O2/c1-16(2,3)22-15(21)19-12-6-7-20(10-12)14-5-4-11(9-18)8-13(14)17/h4-5,8,12H,6-7,10H2,1-3H3,(H,19,21). The van der Waals surface area contributed by atoms with E-state index in [4.69, 9.17) is 10.00 Å². The number of halogens is 1. The lowest BCUT2D eigenvalue weighted by Crippen LogP contribution is -2.40. The number of benzene rings is 1. The zero-order valence-corrected chi connectivity index (χ0v) is 14.6. The van der Waals surface area contributed by atoms with Crippen molar-refractivity contribution in [2.24, 2.45) is 0 Å². The molecule has 6 heteroatoms. The van der Waals surface area contributed by atoms with Crippen molar-refractivity contribution in [2.45, 2.75) is 38.8 Å². The van der Waals surface area contributed by atoms with Gasteiger partial charge < -0.3 is 15.0 Å². The molecule has 0 saturated carbocycles. The first kappa shape index (κ1) is 16.6. The van der Waals surface area contributed by atoms with Gasteiger partial charge in [0, 0.05) is 17.6 Å². The molecule has 1 fully saturated rings. The maximum Gasteiger partial charge on any atom is 0.407 e. The first-order valence-corrected chi connectivity index (χ1v) is 8.02. The maximum absolute atomic E-state index is 11.8. The predicted octanol–water partition coefficient (Wildman–Crippen LogP) is 3.42. The van der Waals surface area contributed by atoms with Gasteiger partial charge in [-0.2, -0.15) is 5.26 Å². The molecule has 1 aromatic carbocycles. The van der Waals surface area contributed by atoms with Crippen LogP contribution in [0.25, 0.3) is 0 Å². The fourth-order valence-corrected chi connectivity index (χ4v) is 3.03. The molecule has 0 radical (unpaired) electrons. The summed E-state index contributed by atoms with van der Waals surface area (Å²) >= 11 is 3.50. The van der Waals surface area contributed by atoms with Gasteiger partial charge in [-0.25, -0.2) is 4.79 Å². The van der Waals surface area contributed by atoms with E-state index in [0.29, 0.717) is 5.56 Å². The van der Waals surface area contributed by atoms with Gasteiger partial charge in [-0.05, 0) is 61.3 Å². The van der Waals surface area contributed by atoms with Crippen molar-refractivity contribution in [1.29, 1.82) is 5.26 Å². The van der Waals surface area contributed by atoms with Crippen LogP contribution in [0.15, 0.2) is 22.7 Å². The molecule has 22 heavy (non-hydrogen) atoms. The average Bonchev–Trinajstić information content (AvgIpc) is 2.84. The van der Waals surface area contributed by atoms with Crippen LogP contribution in [-0.2, 0) is 4.74 Å². The van der Waals surface area contributed by atoms with Gasteiger partial charge in [0.15, 0.2) is 0 Å². The van der Waals surface area contributed by atoms with Crippen LogP contribution in [0.3, 0.4) is 0 Å². The number of hydrogen-bond acceptors (Lipinski definition) is 4. The Morgan fingerprint density at radius 3 is 2.82 bits per heavy atom. The second kappa shape index (κ2) is 6.57. The lowest BCUT2D eigenvalue weighted by atomic mass is 10.2. The Morgan fingerprint density at radius 1 is 1.50 bits per heavy atom. The first-order chi connectivity index (χ1) is 10.3. The van der Waals surface area contributed by atoms with Crippen LogP contribution >= 0.6 is 15.9 Å². The molecule has 1 N–H and O–H groups in total. The molecular weight excluding hydrogens is 346 g/mol. The van der Waals surface area contributed by atoms with Crippen LogP contribution in [-0.4, -0.2) is 30.8 Å². The average molecular weight is 366 g/mol. The summed E-state index contributed by atoms with van der Waals surface area (Å²) in [6.07, 6.45) is 0.490. The summed E-state index contributed by atoms with van der Waals surface area (Å²) in [5.74, 6) is 0. The summed E-state index contributed by atoms with van der Waals surface area (Å²) in [5.41, 5.74) is 1.17. The molecule has 0 aliphatic carbocycles. The summed E-state index contributed by atoms with van der Waals surface area (Å²) in [6, 6.07) is 7.73. The third kappa shape index (κ3) is 4.38. The molecule has 1 heterocycles. The molecule has 2 rings (SSSR count). The van der Waals surface area contributed by atoms with E-state index in [1.807, 2.05) is 32.9 Å². The molecule has 0 spiro atoms. The molecular formula is C16H20BrN3O2. The van der Waals surface area contributed by atoms with Gasteiger partial charge in [-0.15, -0.1) is 0 Å². The van der Waals surface area contributed by atoms with Crippen LogP contribution < -0.4 is 10.2 Å². The number of anilines is 1. The van der Waals surface area contributed by atoms with Crippen LogP contribution in [0, 0.1) is 11.3 Å². The molecule has 1 saturated heterocycles. The summed E-state index contributed by atoms with van der Waals surface area (Å²) in [7, 11) is 0. The van der Waals surface area contributed by atoms with Crippen LogP contribution in [0.1, 0.15) is 32.8 Å². The largest absolute Gasteiger partial charge is 0.444 e. The predicted molar refractivity (Wildman–Crippen MR) is 88.8 cm³/mol. The number of amides is 1. The second-order valence-corrected chi connectivity index (χ2v) is 7.21. The van der Waals surface area contributed by atoms with E-state index in [-0.39, 0.29) is 12.1 Å². The summed E-state index contributed by atoms with van der Waals surface area (Å²) in [6.45, 7) is 7.12. The van der Waals surface area contributed by atoms with E-state index in [9.17, 15) is 4.79 Å². The van der Waals surface area contributed by atoms with Gasteiger partial charge >= 0.3 is 6.09 Å². The number of rotatable bonds is 2.